The molecule has 2 aliphatic heterocycles. The Labute approximate surface area is 117 Å². The van der Waals surface area contributed by atoms with Crippen LogP contribution in [0.2, 0.25) is 0 Å². The van der Waals surface area contributed by atoms with Gasteiger partial charge in [-0.3, -0.25) is 4.79 Å². The Hall–Kier alpha value is -0.780. The first-order valence-corrected chi connectivity index (χ1v) is 7.31. The fourth-order valence-electron chi connectivity index (χ4n) is 3.54. The van der Waals surface area contributed by atoms with Crippen molar-refractivity contribution in [1.29, 1.82) is 0 Å². The van der Waals surface area contributed by atoms with E-state index in [9.17, 15) is 18.0 Å². The first-order chi connectivity index (χ1) is 9.23. The summed E-state index contributed by atoms with van der Waals surface area (Å²) in [7, 11) is 0. The molecule has 0 spiro atoms. The Balaban J connectivity index is 2.00. The van der Waals surface area contributed by atoms with Crippen molar-refractivity contribution in [2.24, 2.45) is 11.8 Å². The van der Waals surface area contributed by atoms with Gasteiger partial charge >= 0.3 is 6.18 Å². The summed E-state index contributed by atoms with van der Waals surface area (Å²) >= 11 is 0. The van der Waals surface area contributed by atoms with Crippen LogP contribution in [-0.4, -0.2) is 42.2 Å². The smallest absolute Gasteiger partial charge is 0.337 e. The van der Waals surface area contributed by atoms with Crippen LogP contribution in [0.15, 0.2) is 0 Å². The summed E-state index contributed by atoms with van der Waals surface area (Å²) in [6.07, 6.45) is -1.96. The quantitative estimate of drug-likeness (QED) is 0.848. The SMILES string of the molecule is CC1(C)C(C(F)(F)F)CCN1C(=O)CC1CCNCC1. The second kappa shape index (κ2) is 5.54. The highest BCUT2D eigenvalue weighted by Crippen LogP contribution is 2.45. The van der Waals surface area contributed by atoms with Crippen molar-refractivity contribution in [3.8, 4) is 0 Å². The fraction of sp³-hybridized carbons (Fsp3) is 0.929. The maximum absolute atomic E-state index is 13.0. The molecule has 0 aromatic heterocycles. The molecule has 0 aliphatic carbocycles. The third kappa shape index (κ3) is 3.10. The number of likely N-dealkylation sites (tertiary alicyclic amines) is 1. The summed E-state index contributed by atoms with van der Waals surface area (Å²) in [5, 5.41) is 3.23. The van der Waals surface area contributed by atoms with Gasteiger partial charge in [0.25, 0.3) is 0 Å². The second-order valence-corrected chi connectivity index (χ2v) is 6.48. The summed E-state index contributed by atoms with van der Waals surface area (Å²) in [5.41, 5.74) is -1.12. The molecule has 1 N–H and O–H groups in total. The zero-order chi connectivity index (χ0) is 15.0. The molecule has 116 valence electrons. The van der Waals surface area contributed by atoms with Gasteiger partial charge in [-0.05, 0) is 52.1 Å². The predicted octanol–water partition coefficient (Wildman–Crippen LogP) is 2.57. The second-order valence-electron chi connectivity index (χ2n) is 6.48. The van der Waals surface area contributed by atoms with E-state index in [1.807, 2.05) is 0 Å². The van der Waals surface area contributed by atoms with Crippen molar-refractivity contribution in [3.05, 3.63) is 0 Å². The van der Waals surface area contributed by atoms with Gasteiger partial charge in [0.1, 0.15) is 0 Å². The minimum absolute atomic E-state index is 0.0223. The standard InChI is InChI=1S/C14H23F3N2O/c1-13(2)11(14(15,16)17)5-8-19(13)12(20)9-10-3-6-18-7-4-10/h10-11,18H,3-9H2,1-2H3. The molecule has 20 heavy (non-hydrogen) atoms. The van der Waals surface area contributed by atoms with Crippen molar-refractivity contribution in [2.45, 2.75) is 51.2 Å². The molecule has 2 aliphatic rings. The maximum atomic E-state index is 13.0. The van der Waals surface area contributed by atoms with E-state index in [1.165, 1.54) is 4.90 Å². The van der Waals surface area contributed by atoms with Crippen molar-refractivity contribution in [1.82, 2.24) is 10.2 Å². The summed E-state index contributed by atoms with van der Waals surface area (Å²) < 4.78 is 39.0. The molecule has 2 saturated heterocycles. The third-order valence-corrected chi connectivity index (χ3v) is 4.81. The van der Waals surface area contributed by atoms with E-state index in [-0.39, 0.29) is 18.9 Å². The van der Waals surface area contributed by atoms with Crippen LogP contribution in [0, 0.1) is 11.8 Å². The average Bonchev–Trinajstić information content (AvgIpc) is 2.65. The molecule has 2 fully saturated rings. The minimum atomic E-state index is -4.23. The first kappa shape index (κ1) is 15.6. The number of nitrogens with one attached hydrogen (secondary N) is 1. The van der Waals surface area contributed by atoms with Gasteiger partial charge in [0.2, 0.25) is 5.91 Å². The molecule has 0 aromatic rings. The molecule has 2 rings (SSSR count). The van der Waals surface area contributed by atoms with Gasteiger partial charge in [-0.25, -0.2) is 0 Å². The van der Waals surface area contributed by atoms with Crippen LogP contribution in [-0.2, 0) is 4.79 Å². The van der Waals surface area contributed by atoms with Gasteiger partial charge in [0, 0.05) is 18.5 Å². The molecule has 1 atom stereocenters. The topological polar surface area (TPSA) is 32.3 Å². The Morgan fingerprint density at radius 2 is 1.85 bits per heavy atom. The van der Waals surface area contributed by atoms with Crippen molar-refractivity contribution in [2.75, 3.05) is 19.6 Å². The van der Waals surface area contributed by atoms with Gasteiger partial charge < -0.3 is 10.2 Å². The van der Waals surface area contributed by atoms with Crippen LogP contribution in [0.25, 0.3) is 0 Å². The van der Waals surface area contributed by atoms with E-state index in [1.54, 1.807) is 13.8 Å². The Bertz CT molecular complexity index is 362. The van der Waals surface area contributed by atoms with Gasteiger partial charge in [0.15, 0.2) is 0 Å². The minimum Gasteiger partial charge on any atom is -0.337 e. The Kier molecular flexibility index (Phi) is 4.33. The van der Waals surface area contributed by atoms with E-state index in [0.29, 0.717) is 12.3 Å². The molecule has 0 aromatic carbocycles. The summed E-state index contributed by atoms with van der Waals surface area (Å²) in [4.78, 5) is 13.8. The number of rotatable bonds is 2. The summed E-state index contributed by atoms with van der Waals surface area (Å²) in [5.74, 6) is -1.22. The summed E-state index contributed by atoms with van der Waals surface area (Å²) in [6, 6.07) is 0. The third-order valence-electron chi connectivity index (χ3n) is 4.81. The molecule has 0 bridgehead atoms. The Morgan fingerprint density at radius 1 is 1.25 bits per heavy atom. The molecular weight excluding hydrogens is 269 g/mol. The number of nitrogens with zero attached hydrogens (tertiary/aromatic N) is 1. The highest BCUT2D eigenvalue weighted by molar-refractivity contribution is 5.77. The molecule has 2 heterocycles. The maximum Gasteiger partial charge on any atom is 0.394 e. The lowest BCUT2D eigenvalue weighted by Crippen LogP contribution is -2.50. The van der Waals surface area contributed by atoms with Gasteiger partial charge in [0.05, 0.1) is 5.92 Å². The van der Waals surface area contributed by atoms with Crippen LogP contribution in [0.5, 0.6) is 0 Å². The van der Waals surface area contributed by atoms with Crippen LogP contribution in [0.3, 0.4) is 0 Å². The van der Waals surface area contributed by atoms with Crippen molar-refractivity contribution < 1.29 is 18.0 Å². The number of hydrogen-bond donors (Lipinski definition) is 1. The van der Waals surface area contributed by atoms with Gasteiger partial charge in [-0.15, -0.1) is 0 Å². The van der Waals surface area contributed by atoms with Crippen molar-refractivity contribution in [3.63, 3.8) is 0 Å². The number of alkyl halides is 3. The number of amides is 1. The highest BCUT2D eigenvalue weighted by atomic mass is 19.4. The zero-order valence-electron chi connectivity index (χ0n) is 12.1. The largest absolute Gasteiger partial charge is 0.394 e. The number of piperidine rings is 1. The number of halogens is 3. The summed E-state index contributed by atoms with van der Waals surface area (Å²) in [6.45, 7) is 5.09. The van der Waals surface area contributed by atoms with E-state index in [4.69, 9.17) is 0 Å². The highest BCUT2D eigenvalue weighted by Gasteiger charge is 2.56. The van der Waals surface area contributed by atoms with E-state index < -0.39 is 17.6 Å². The van der Waals surface area contributed by atoms with Crippen LogP contribution in [0.1, 0.15) is 39.5 Å². The first-order valence-electron chi connectivity index (χ1n) is 7.31. The molecule has 0 saturated carbocycles. The van der Waals surface area contributed by atoms with E-state index in [2.05, 4.69) is 5.32 Å². The normalized spacial score (nSPS) is 27.9. The molecule has 3 nitrogen and oxygen atoms in total. The number of carbonyl (C=O) groups is 1. The van der Waals surface area contributed by atoms with Gasteiger partial charge in [-0.1, -0.05) is 0 Å². The number of carbonyl (C=O) groups excluding carboxylic acids is 1. The van der Waals surface area contributed by atoms with E-state index >= 15 is 0 Å². The van der Waals surface area contributed by atoms with Crippen LogP contribution in [0.4, 0.5) is 13.2 Å². The molecular formula is C14H23F3N2O. The lowest BCUT2D eigenvalue weighted by atomic mass is 9.87. The Morgan fingerprint density at radius 3 is 2.35 bits per heavy atom. The molecule has 6 heteroatoms. The van der Waals surface area contributed by atoms with Crippen molar-refractivity contribution >= 4 is 5.91 Å². The molecule has 1 amide bonds. The monoisotopic (exact) mass is 292 g/mol. The molecule has 0 radical (unpaired) electrons. The average molecular weight is 292 g/mol. The zero-order valence-corrected chi connectivity index (χ0v) is 12.1. The van der Waals surface area contributed by atoms with Gasteiger partial charge in [-0.2, -0.15) is 13.2 Å². The van der Waals surface area contributed by atoms with E-state index in [0.717, 1.165) is 25.9 Å². The van der Waals surface area contributed by atoms with Crippen LogP contribution < -0.4 is 5.32 Å². The lowest BCUT2D eigenvalue weighted by Gasteiger charge is -2.37. The molecule has 1 unspecified atom stereocenters. The predicted molar refractivity (Wildman–Crippen MR) is 70.2 cm³/mol. The van der Waals surface area contributed by atoms with Crippen LogP contribution >= 0.6 is 0 Å². The fourth-order valence-corrected chi connectivity index (χ4v) is 3.54. The lowest BCUT2D eigenvalue weighted by molar-refractivity contribution is -0.192. The number of hydrogen-bond acceptors (Lipinski definition) is 2.